The number of nitrogens with one attached hydrogen (secondary N) is 2. The van der Waals surface area contributed by atoms with E-state index in [0.29, 0.717) is 19.2 Å². The molecule has 1 saturated heterocycles. The minimum atomic E-state index is 0.142. The number of hydrogen-bond donors (Lipinski definition) is 2. The fraction of sp³-hybridized carbons (Fsp3) is 0.900. The van der Waals surface area contributed by atoms with Crippen molar-refractivity contribution in [2.45, 2.75) is 25.8 Å². The molecule has 1 heterocycles. The molecule has 14 heavy (non-hydrogen) atoms. The summed E-state index contributed by atoms with van der Waals surface area (Å²) in [5.74, 6) is 0.296. The molecule has 1 aliphatic rings. The van der Waals surface area contributed by atoms with Crippen molar-refractivity contribution in [1.29, 1.82) is 0 Å². The van der Waals surface area contributed by atoms with E-state index in [0.717, 1.165) is 19.4 Å². The molecule has 0 saturated carbocycles. The highest BCUT2D eigenvalue weighted by atomic mass is 16.5. The van der Waals surface area contributed by atoms with Crippen LogP contribution in [0.5, 0.6) is 0 Å². The first-order chi connectivity index (χ1) is 6.74. The largest absolute Gasteiger partial charge is 0.383 e. The first-order valence-electron chi connectivity index (χ1n) is 5.24. The molecule has 0 aliphatic carbocycles. The molecule has 1 amide bonds. The zero-order valence-corrected chi connectivity index (χ0v) is 9.01. The Labute approximate surface area is 85.4 Å². The fourth-order valence-corrected chi connectivity index (χ4v) is 1.64. The SMILES string of the molecule is COCCNC(=O)C1CCC(C)NC1. The van der Waals surface area contributed by atoms with Crippen LogP contribution in [0.4, 0.5) is 0 Å². The zero-order valence-electron chi connectivity index (χ0n) is 9.01. The molecule has 0 aromatic carbocycles. The molecule has 2 unspecified atom stereocenters. The van der Waals surface area contributed by atoms with E-state index in [1.807, 2.05) is 0 Å². The lowest BCUT2D eigenvalue weighted by molar-refractivity contribution is -0.125. The van der Waals surface area contributed by atoms with Gasteiger partial charge < -0.3 is 15.4 Å². The number of ether oxygens (including phenoxy) is 1. The number of carbonyl (C=O) groups excluding carboxylic acids is 1. The Kier molecular flexibility index (Phi) is 4.90. The minimum absolute atomic E-state index is 0.142. The van der Waals surface area contributed by atoms with Gasteiger partial charge in [-0.1, -0.05) is 0 Å². The molecular formula is C10H20N2O2. The smallest absolute Gasteiger partial charge is 0.224 e. The summed E-state index contributed by atoms with van der Waals surface area (Å²) in [6.45, 7) is 4.16. The van der Waals surface area contributed by atoms with Crippen LogP contribution in [0.2, 0.25) is 0 Å². The molecule has 0 spiro atoms. The summed E-state index contributed by atoms with van der Waals surface area (Å²) in [6.07, 6.45) is 2.08. The van der Waals surface area contributed by atoms with Crippen molar-refractivity contribution in [2.24, 2.45) is 5.92 Å². The molecule has 0 aromatic rings. The average Bonchev–Trinajstić information content (AvgIpc) is 2.19. The Morgan fingerprint density at radius 3 is 2.93 bits per heavy atom. The van der Waals surface area contributed by atoms with Gasteiger partial charge in [-0.25, -0.2) is 0 Å². The van der Waals surface area contributed by atoms with Gasteiger partial charge >= 0.3 is 0 Å². The van der Waals surface area contributed by atoms with Crippen LogP contribution < -0.4 is 10.6 Å². The third-order valence-corrected chi connectivity index (χ3v) is 2.64. The van der Waals surface area contributed by atoms with E-state index in [-0.39, 0.29) is 11.8 Å². The number of methoxy groups -OCH3 is 1. The van der Waals surface area contributed by atoms with Crippen molar-refractivity contribution >= 4 is 5.91 Å². The first-order valence-corrected chi connectivity index (χ1v) is 5.24. The summed E-state index contributed by atoms with van der Waals surface area (Å²) in [5.41, 5.74) is 0. The van der Waals surface area contributed by atoms with Crippen LogP contribution >= 0.6 is 0 Å². The predicted octanol–water partition coefficient (Wildman–Crippen LogP) is 0.137. The van der Waals surface area contributed by atoms with E-state index in [4.69, 9.17) is 4.74 Å². The Hall–Kier alpha value is -0.610. The second-order valence-corrected chi connectivity index (χ2v) is 3.87. The standard InChI is InChI=1S/C10H20N2O2/c1-8-3-4-9(7-12-8)10(13)11-5-6-14-2/h8-9,12H,3-7H2,1-2H3,(H,11,13). The highest BCUT2D eigenvalue weighted by molar-refractivity contribution is 5.78. The lowest BCUT2D eigenvalue weighted by atomic mass is 9.95. The van der Waals surface area contributed by atoms with Crippen LogP contribution in [-0.2, 0) is 9.53 Å². The molecule has 1 fully saturated rings. The van der Waals surface area contributed by atoms with Crippen LogP contribution in [0.25, 0.3) is 0 Å². The third kappa shape index (κ3) is 3.64. The normalized spacial score (nSPS) is 27.3. The summed E-state index contributed by atoms with van der Waals surface area (Å²) in [4.78, 5) is 11.6. The van der Waals surface area contributed by atoms with Crippen LogP contribution in [0.3, 0.4) is 0 Å². The van der Waals surface area contributed by atoms with Crippen molar-refractivity contribution < 1.29 is 9.53 Å². The van der Waals surface area contributed by atoms with E-state index >= 15 is 0 Å². The van der Waals surface area contributed by atoms with Crippen molar-refractivity contribution in [3.05, 3.63) is 0 Å². The van der Waals surface area contributed by atoms with Gasteiger partial charge in [0.1, 0.15) is 0 Å². The summed E-state index contributed by atoms with van der Waals surface area (Å²) in [7, 11) is 1.63. The van der Waals surface area contributed by atoms with Crippen LogP contribution in [0.1, 0.15) is 19.8 Å². The molecule has 0 aromatic heterocycles. The Bertz CT molecular complexity index is 177. The monoisotopic (exact) mass is 200 g/mol. The lowest BCUT2D eigenvalue weighted by Crippen LogP contribution is -2.44. The van der Waals surface area contributed by atoms with Crippen molar-refractivity contribution in [2.75, 3.05) is 26.8 Å². The number of piperidine rings is 1. The van der Waals surface area contributed by atoms with Gasteiger partial charge in [-0.05, 0) is 19.8 Å². The minimum Gasteiger partial charge on any atom is -0.383 e. The van der Waals surface area contributed by atoms with Gasteiger partial charge in [-0.2, -0.15) is 0 Å². The van der Waals surface area contributed by atoms with Crippen molar-refractivity contribution in [1.82, 2.24) is 10.6 Å². The number of hydrogen-bond acceptors (Lipinski definition) is 3. The van der Waals surface area contributed by atoms with E-state index in [2.05, 4.69) is 17.6 Å². The molecule has 1 rings (SSSR count). The number of amides is 1. The van der Waals surface area contributed by atoms with Crippen LogP contribution in [0.15, 0.2) is 0 Å². The van der Waals surface area contributed by atoms with Gasteiger partial charge in [0.2, 0.25) is 5.91 Å². The zero-order chi connectivity index (χ0) is 10.4. The first kappa shape index (κ1) is 11.5. The lowest BCUT2D eigenvalue weighted by Gasteiger charge is -2.26. The van der Waals surface area contributed by atoms with E-state index in [1.165, 1.54) is 0 Å². The molecule has 4 heteroatoms. The highest BCUT2D eigenvalue weighted by Gasteiger charge is 2.23. The quantitative estimate of drug-likeness (QED) is 0.635. The molecular weight excluding hydrogens is 180 g/mol. The highest BCUT2D eigenvalue weighted by Crippen LogP contribution is 2.13. The summed E-state index contributed by atoms with van der Waals surface area (Å²) < 4.78 is 4.87. The molecule has 4 nitrogen and oxygen atoms in total. The van der Waals surface area contributed by atoms with Crippen LogP contribution in [-0.4, -0.2) is 38.8 Å². The maximum atomic E-state index is 11.6. The van der Waals surface area contributed by atoms with Gasteiger partial charge in [0.05, 0.1) is 12.5 Å². The predicted molar refractivity (Wildman–Crippen MR) is 55.1 cm³/mol. The molecule has 0 bridgehead atoms. The summed E-state index contributed by atoms with van der Waals surface area (Å²) in [6, 6.07) is 0.554. The van der Waals surface area contributed by atoms with Gasteiger partial charge in [0, 0.05) is 26.2 Å². The second kappa shape index (κ2) is 5.98. The topological polar surface area (TPSA) is 50.4 Å². The molecule has 82 valence electrons. The second-order valence-electron chi connectivity index (χ2n) is 3.87. The van der Waals surface area contributed by atoms with Crippen LogP contribution in [0, 0.1) is 5.92 Å². The Morgan fingerprint density at radius 1 is 1.57 bits per heavy atom. The Morgan fingerprint density at radius 2 is 2.36 bits per heavy atom. The summed E-state index contributed by atoms with van der Waals surface area (Å²) >= 11 is 0. The molecule has 1 aliphatic heterocycles. The van der Waals surface area contributed by atoms with E-state index in [9.17, 15) is 4.79 Å². The Balaban J connectivity index is 2.17. The van der Waals surface area contributed by atoms with Gasteiger partial charge in [-0.3, -0.25) is 4.79 Å². The number of rotatable bonds is 4. The van der Waals surface area contributed by atoms with Gasteiger partial charge in [0.25, 0.3) is 0 Å². The van der Waals surface area contributed by atoms with Crippen molar-refractivity contribution in [3.8, 4) is 0 Å². The maximum Gasteiger partial charge on any atom is 0.224 e. The molecule has 0 radical (unpaired) electrons. The average molecular weight is 200 g/mol. The fourth-order valence-electron chi connectivity index (χ4n) is 1.64. The number of carbonyl (C=O) groups is 1. The van der Waals surface area contributed by atoms with Gasteiger partial charge in [-0.15, -0.1) is 0 Å². The van der Waals surface area contributed by atoms with E-state index < -0.39 is 0 Å². The van der Waals surface area contributed by atoms with E-state index in [1.54, 1.807) is 7.11 Å². The summed E-state index contributed by atoms with van der Waals surface area (Å²) in [5, 5.41) is 6.18. The van der Waals surface area contributed by atoms with Gasteiger partial charge in [0.15, 0.2) is 0 Å². The van der Waals surface area contributed by atoms with Crippen molar-refractivity contribution in [3.63, 3.8) is 0 Å². The molecule has 2 N–H and O–H groups in total. The molecule has 2 atom stereocenters. The third-order valence-electron chi connectivity index (χ3n) is 2.64. The maximum absolute atomic E-state index is 11.6.